The zero-order chi connectivity index (χ0) is 16.8. The normalized spacial score (nSPS) is 20.6. The van der Waals surface area contributed by atoms with Crippen LogP contribution in [-0.2, 0) is 16.1 Å². The van der Waals surface area contributed by atoms with Gasteiger partial charge in [-0.2, -0.15) is 0 Å². The van der Waals surface area contributed by atoms with E-state index in [2.05, 4.69) is 5.32 Å². The second-order valence-corrected chi connectivity index (χ2v) is 5.81. The van der Waals surface area contributed by atoms with Gasteiger partial charge in [0.25, 0.3) is 0 Å². The van der Waals surface area contributed by atoms with Gasteiger partial charge in [0.05, 0.1) is 20.1 Å². The van der Waals surface area contributed by atoms with E-state index in [1.54, 1.807) is 20.3 Å². The molecule has 0 unspecified atom stereocenters. The summed E-state index contributed by atoms with van der Waals surface area (Å²) in [6.45, 7) is 0.382. The van der Waals surface area contributed by atoms with Gasteiger partial charge in [0.1, 0.15) is 0 Å². The van der Waals surface area contributed by atoms with E-state index in [9.17, 15) is 9.59 Å². The molecular weight excluding hydrogens is 298 g/mol. The molecule has 0 heterocycles. The van der Waals surface area contributed by atoms with E-state index in [0.717, 1.165) is 18.4 Å². The highest BCUT2D eigenvalue weighted by atomic mass is 16.5. The van der Waals surface area contributed by atoms with Gasteiger partial charge in [-0.3, -0.25) is 9.59 Å². The van der Waals surface area contributed by atoms with Crippen LogP contribution in [0.15, 0.2) is 18.2 Å². The molecule has 0 radical (unpaired) electrons. The molecule has 2 rings (SSSR count). The number of hydrogen-bond donors (Lipinski definition) is 2. The first-order valence-electron chi connectivity index (χ1n) is 7.76. The summed E-state index contributed by atoms with van der Waals surface area (Å²) in [5.74, 6) is -0.249. The summed E-state index contributed by atoms with van der Waals surface area (Å²) in [6.07, 6.45) is 2.62. The lowest BCUT2D eigenvalue weighted by Crippen LogP contribution is -2.35. The molecule has 6 nitrogen and oxygen atoms in total. The van der Waals surface area contributed by atoms with E-state index >= 15 is 0 Å². The predicted octanol–water partition coefficient (Wildman–Crippen LogP) is 2.21. The van der Waals surface area contributed by atoms with Crippen molar-refractivity contribution in [3.63, 3.8) is 0 Å². The minimum Gasteiger partial charge on any atom is -0.493 e. The third-order valence-electron chi connectivity index (χ3n) is 4.31. The molecule has 2 N–H and O–H groups in total. The van der Waals surface area contributed by atoms with E-state index in [4.69, 9.17) is 14.6 Å². The standard InChI is InChI=1S/C17H23NO5/c1-22-14-7-6-11(8-15(14)23-2)10-18-16(19)12-4-3-5-13(9-12)17(20)21/h6-8,12-13H,3-5,9-10H2,1-2H3,(H,18,19)(H,20,21)/t12-,13+/m0/s1. The third kappa shape index (κ3) is 4.37. The number of methoxy groups -OCH3 is 2. The van der Waals surface area contributed by atoms with Crippen molar-refractivity contribution >= 4 is 11.9 Å². The first-order chi connectivity index (χ1) is 11.0. The fourth-order valence-electron chi connectivity index (χ4n) is 2.98. The Morgan fingerprint density at radius 1 is 1.17 bits per heavy atom. The van der Waals surface area contributed by atoms with Gasteiger partial charge < -0.3 is 19.9 Å². The summed E-state index contributed by atoms with van der Waals surface area (Å²) in [5.41, 5.74) is 0.904. The Labute approximate surface area is 135 Å². The Morgan fingerprint density at radius 2 is 1.87 bits per heavy atom. The van der Waals surface area contributed by atoms with Crippen LogP contribution in [0, 0.1) is 11.8 Å². The monoisotopic (exact) mass is 321 g/mol. The fraction of sp³-hybridized carbons (Fsp3) is 0.529. The Bertz CT molecular complexity index is 572. The third-order valence-corrected chi connectivity index (χ3v) is 4.31. The lowest BCUT2D eigenvalue weighted by Gasteiger charge is -2.25. The van der Waals surface area contributed by atoms with Crippen molar-refractivity contribution in [1.29, 1.82) is 0 Å². The summed E-state index contributed by atoms with van der Waals surface area (Å²) in [5, 5.41) is 12.0. The van der Waals surface area contributed by atoms with Crippen LogP contribution in [0.2, 0.25) is 0 Å². The number of carboxylic acid groups (broad SMARTS) is 1. The Morgan fingerprint density at radius 3 is 2.52 bits per heavy atom. The lowest BCUT2D eigenvalue weighted by molar-refractivity contribution is -0.144. The van der Waals surface area contributed by atoms with Crippen LogP contribution < -0.4 is 14.8 Å². The second-order valence-electron chi connectivity index (χ2n) is 5.81. The minimum absolute atomic E-state index is 0.0780. The molecule has 1 aliphatic rings. The van der Waals surface area contributed by atoms with Crippen LogP contribution in [0.25, 0.3) is 0 Å². The number of aliphatic carboxylic acids is 1. The van der Waals surface area contributed by atoms with Gasteiger partial charge in [-0.25, -0.2) is 0 Å². The molecule has 0 bridgehead atoms. The highest BCUT2D eigenvalue weighted by Gasteiger charge is 2.30. The van der Waals surface area contributed by atoms with E-state index in [1.807, 2.05) is 12.1 Å². The van der Waals surface area contributed by atoms with Gasteiger partial charge in [0.2, 0.25) is 5.91 Å². The summed E-state index contributed by atoms with van der Waals surface area (Å²) >= 11 is 0. The van der Waals surface area contributed by atoms with Crippen molar-refractivity contribution in [2.45, 2.75) is 32.2 Å². The number of hydrogen-bond acceptors (Lipinski definition) is 4. The summed E-state index contributed by atoms with van der Waals surface area (Å²) < 4.78 is 10.4. The molecule has 1 amide bonds. The van der Waals surface area contributed by atoms with Crippen molar-refractivity contribution < 1.29 is 24.2 Å². The Balaban J connectivity index is 1.92. The molecule has 1 fully saturated rings. The quantitative estimate of drug-likeness (QED) is 0.839. The fourth-order valence-corrected chi connectivity index (χ4v) is 2.98. The van der Waals surface area contributed by atoms with Crippen molar-refractivity contribution in [1.82, 2.24) is 5.32 Å². The van der Waals surface area contributed by atoms with Crippen molar-refractivity contribution in [2.24, 2.45) is 11.8 Å². The molecular formula is C17H23NO5. The number of amides is 1. The first-order valence-corrected chi connectivity index (χ1v) is 7.76. The zero-order valence-corrected chi connectivity index (χ0v) is 13.5. The van der Waals surface area contributed by atoms with Crippen LogP contribution in [0.5, 0.6) is 11.5 Å². The largest absolute Gasteiger partial charge is 0.493 e. The molecule has 0 saturated heterocycles. The van der Waals surface area contributed by atoms with E-state index in [-0.39, 0.29) is 11.8 Å². The van der Waals surface area contributed by atoms with Crippen molar-refractivity contribution in [3.8, 4) is 11.5 Å². The second kappa shape index (κ2) is 7.85. The average molecular weight is 321 g/mol. The minimum atomic E-state index is -0.803. The van der Waals surface area contributed by atoms with Gasteiger partial charge in [-0.05, 0) is 37.0 Å². The molecule has 126 valence electrons. The molecule has 0 spiro atoms. The molecule has 0 aromatic heterocycles. The number of carboxylic acids is 1. The number of benzene rings is 1. The maximum Gasteiger partial charge on any atom is 0.306 e. The van der Waals surface area contributed by atoms with E-state index in [1.165, 1.54) is 0 Å². The molecule has 1 aromatic carbocycles. The molecule has 0 aliphatic heterocycles. The van der Waals surface area contributed by atoms with E-state index < -0.39 is 11.9 Å². The molecule has 1 aliphatic carbocycles. The van der Waals surface area contributed by atoms with Crippen molar-refractivity contribution in [2.75, 3.05) is 14.2 Å². The van der Waals surface area contributed by atoms with Crippen LogP contribution in [0.3, 0.4) is 0 Å². The molecule has 1 saturated carbocycles. The summed E-state index contributed by atoms with van der Waals surface area (Å²) in [6, 6.07) is 5.48. The highest BCUT2D eigenvalue weighted by Crippen LogP contribution is 2.30. The smallest absolute Gasteiger partial charge is 0.306 e. The molecule has 23 heavy (non-hydrogen) atoms. The Kier molecular flexibility index (Phi) is 5.84. The van der Waals surface area contributed by atoms with Crippen LogP contribution in [-0.4, -0.2) is 31.2 Å². The molecule has 1 aromatic rings. The first kappa shape index (κ1) is 17.1. The lowest BCUT2D eigenvalue weighted by atomic mass is 9.81. The number of rotatable bonds is 6. The van der Waals surface area contributed by atoms with Gasteiger partial charge >= 0.3 is 5.97 Å². The van der Waals surface area contributed by atoms with E-state index in [0.29, 0.717) is 30.9 Å². The maximum atomic E-state index is 12.3. The van der Waals surface area contributed by atoms with Gasteiger partial charge in [0.15, 0.2) is 11.5 Å². The predicted molar refractivity (Wildman–Crippen MR) is 84.5 cm³/mol. The summed E-state index contributed by atoms with van der Waals surface area (Å²) in [4.78, 5) is 23.3. The highest BCUT2D eigenvalue weighted by molar-refractivity contribution is 5.80. The number of carbonyl (C=O) groups excluding carboxylic acids is 1. The summed E-state index contributed by atoms with van der Waals surface area (Å²) in [7, 11) is 3.13. The topological polar surface area (TPSA) is 84.9 Å². The number of carbonyl (C=O) groups is 2. The SMILES string of the molecule is COc1ccc(CNC(=O)[C@H]2CCC[C@@H](C(=O)O)C2)cc1OC. The van der Waals surface area contributed by atoms with Gasteiger partial charge in [-0.15, -0.1) is 0 Å². The molecule has 2 atom stereocenters. The number of nitrogens with one attached hydrogen (secondary N) is 1. The van der Waals surface area contributed by atoms with Crippen LogP contribution in [0.1, 0.15) is 31.2 Å². The van der Waals surface area contributed by atoms with Gasteiger partial charge in [-0.1, -0.05) is 12.5 Å². The molecule has 6 heteroatoms. The Hall–Kier alpha value is -2.24. The van der Waals surface area contributed by atoms with Crippen molar-refractivity contribution in [3.05, 3.63) is 23.8 Å². The van der Waals surface area contributed by atoms with Crippen LogP contribution >= 0.6 is 0 Å². The van der Waals surface area contributed by atoms with Gasteiger partial charge in [0, 0.05) is 12.5 Å². The zero-order valence-electron chi connectivity index (χ0n) is 13.5. The van der Waals surface area contributed by atoms with Crippen LogP contribution in [0.4, 0.5) is 0 Å². The maximum absolute atomic E-state index is 12.3. The number of ether oxygens (including phenoxy) is 2. The average Bonchev–Trinajstić information content (AvgIpc) is 2.59.